The number of benzene rings is 1. The third kappa shape index (κ3) is 6.63. The van der Waals surface area contributed by atoms with Gasteiger partial charge in [0.05, 0.1) is 11.5 Å². The summed E-state index contributed by atoms with van der Waals surface area (Å²) in [5, 5.41) is 0. The molecule has 138 valence electrons. The largest absolute Gasteiger partial charge is 0.458 e. The van der Waals surface area contributed by atoms with Crippen LogP contribution in [0.25, 0.3) is 0 Å². The predicted molar refractivity (Wildman–Crippen MR) is 95.7 cm³/mol. The van der Waals surface area contributed by atoms with Crippen LogP contribution in [0.1, 0.15) is 51.0 Å². The van der Waals surface area contributed by atoms with Gasteiger partial charge in [-0.15, -0.1) is 0 Å². The Morgan fingerprint density at radius 1 is 1.16 bits per heavy atom. The Bertz CT molecular complexity index is 704. The van der Waals surface area contributed by atoms with Crippen LogP contribution in [0, 0.1) is 6.92 Å². The molecule has 0 radical (unpaired) electrons. The van der Waals surface area contributed by atoms with Gasteiger partial charge in [-0.2, -0.15) is 8.42 Å². The van der Waals surface area contributed by atoms with Gasteiger partial charge >= 0.3 is 5.97 Å². The third-order valence-electron chi connectivity index (χ3n) is 4.18. The number of aryl methyl sites for hydroxylation is 1. The molecule has 0 aromatic heterocycles. The summed E-state index contributed by atoms with van der Waals surface area (Å²) in [6, 6.07) is 6.65. The molecule has 5 nitrogen and oxygen atoms in total. The van der Waals surface area contributed by atoms with E-state index in [-0.39, 0.29) is 23.6 Å². The summed E-state index contributed by atoms with van der Waals surface area (Å²) in [5.41, 5.74) is 2.33. The van der Waals surface area contributed by atoms with Crippen LogP contribution in [-0.2, 0) is 23.8 Å². The minimum atomic E-state index is -3.66. The van der Waals surface area contributed by atoms with Crippen LogP contribution >= 0.6 is 0 Å². The fourth-order valence-corrected chi connectivity index (χ4v) is 3.79. The van der Waals surface area contributed by atoms with Crippen molar-refractivity contribution in [2.45, 2.75) is 63.4 Å². The quantitative estimate of drug-likeness (QED) is 0.287. The number of hydrogen-bond acceptors (Lipinski definition) is 5. The van der Waals surface area contributed by atoms with Crippen LogP contribution in [-0.4, -0.2) is 27.1 Å². The van der Waals surface area contributed by atoms with Gasteiger partial charge in [0.25, 0.3) is 10.1 Å². The van der Waals surface area contributed by atoms with E-state index in [4.69, 9.17) is 8.92 Å². The number of ether oxygens (including phenoxy) is 1. The van der Waals surface area contributed by atoms with E-state index in [1.54, 1.807) is 24.3 Å². The van der Waals surface area contributed by atoms with Crippen LogP contribution < -0.4 is 0 Å². The molecule has 1 aliphatic carbocycles. The Labute approximate surface area is 150 Å². The Morgan fingerprint density at radius 2 is 1.88 bits per heavy atom. The topological polar surface area (TPSA) is 69.7 Å². The van der Waals surface area contributed by atoms with Crippen molar-refractivity contribution in [2.24, 2.45) is 0 Å². The standard InChI is InChI=1S/C19H26O5S/c1-15-7-11-19(12-8-15)25(21,22)23-13-5-3-4-6-17-9-10-18(14-17)24-16(2)20/h7-8,11-12,14,18H,3-6,9-10,13H2,1-2H3. The Balaban J connectivity index is 1.63. The van der Waals surface area contributed by atoms with Crippen LogP contribution in [0.5, 0.6) is 0 Å². The first-order valence-corrected chi connectivity index (χ1v) is 10.1. The molecule has 0 N–H and O–H groups in total. The Kier molecular flexibility index (Phi) is 7.20. The first kappa shape index (κ1) is 19.7. The normalized spacial score (nSPS) is 17.4. The van der Waals surface area contributed by atoms with E-state index in [1.165, 1.54) is 12.5 Å². The first-order chi connectivity index (χ1) is 11.9. The zero-order valence-electron chi connectivity index (χ0n) is 14.9. The third-order valence-corrected chi connectivity index (χ3v) is 5.51. The van der Waals surface area contributed by atoms with Crippen LogP contribution in [0.4, 0.5) is 0 Å². The molecular formula is C19H26O5S. The molecule has 25 heavy (non-hydrogen) atoms. The molecule has 1 unspecified atom stereocenters. The fourth-order valence-electron chi connectivity index (χ4n) is 2.84. The Hall–Kier alpha value is -1.66. The highest BCUT2D eigenvalue weighted by Gasteiger charge is 2.18. The summed E-state index contributed by atoms with van der Waals surface area (Å²) in [5.74, 6) is -0.241. The van der Waals surface area contributed by atoms with Gasteiger partial charge < -0.3 is 4.74 Å². The van der Waals surface area contributed by atoms with Gasteiger partial charge in [-0.25, -0.2) is 0 Å². The molecule has 0 aliphatic heterocycles. The minimum Gasteiger partial charge on any atom is -0.458 e. The second-order valence-corrected chi connectivity index (χ2v) is 8.03. The molecule has 0 fully saturated rings. The van der Waals surface area contributed by atoms with Gasteiger partial charge in [-0.1, -0.05) is 29.7 Å². The number of carbonyl (C=O) groups excluding carboxylic acids is 1. The molecule has 1 aromatic rings. The lowest BCUT2D eigenvalue weighted by molar-refractivity contribution is -0.144. The number of unbranched alkanes of at least 4 members (excludes halogenated alkanes) is 2. The molecule has 1 aliphatic rings. The highest BCUT2D eigenvalue weighted by atomic mass is 32.2. The molecule has 0 heterocycles. The van der Waals surface area contributed by atoms with Crippen molar-refractivity contribution in [3.05, 3.63) is 41.5 Å². The van der Waals surface area contributed by atoms with Crippen molar-refractivity contribution in [1.82, 2.24) is 0 Å². The van der Waals surface area contributed by atoms with Gasteiger partial charge in [-0.05, 0) is 57.2 Å². The minimum absolute atomic E-state index is 0.0736. The lowest BCUT2D eigenvalue weighted by atomic mass is 10.1. The van der Waals surface area contributed by atoms with E-state index in [1.807, 2.05) is 13.0 Å². The van der Waals surface area contributed by atoms with E-state index < -0.39 is 10.1 Å². The van der Waals surface area contributed by atoms with E-state index in [0.29, 0.717) is 6.42 Å². The van der Waals surface area contributed by atoms with Gasteiger partial charge in [0, 0.05) is 6.92 Å². The number of carbonyl (C=O) groups is 1. The monoisotopic (exact) mass is 366 g/mol. The number of esters is 1. The van der Waals surface area contributed by atoms with Crippen molar-refractivity contribution in [2.75, 3.05) is 6.61 Å². The van der Waals surface area contributed by atoms with Crippen molar-refractivity contribution in [3.63, 3.8) is 0 Å². The smallest absolute Gasteiger partial charge is 0.303 e. The second-order valence-electron chi connectivity index (χ2n) is 6.41. The van der Waals surface area contributed by atoms with Crippen molar-refractivity contribution >= 4 is 16.1 Å². The number of allylic oxidation sites excluding steroid dienone is 1. The van der Waals surface area contributed by atoms with E-state index >= 15 is 0 Å². The van der Waals surface area contributed by atoms with E-state index in [0.717, 1.165) is 37.7 Å². The lowest BCUT2D eigenvalue weighted by Gasteiger charge is -2.06. The molecular weight excluding hydrogens is 340 g/mol. The maximum Gasteiger partial charge on any atom is 0.303 e. The van der Waals surface area contributed by atoms with Crippen molar-refractivity contribution in [3.8, 4) is 0 Å². The summed E-state index contributed by atoms with van der Waals surface area (Å²) in [4.78, 5) is 11.1. The highest BCUT2D eigenvalue weighted by Crippen LogP contribution is 2.25. The van der Waals surface area contributed by atoms with Gasteiger partial charge in [-0.3, -0.25) is 8.98 Å². The number of hydrogen-bond donors (Lipinski definition) is 0. The lowest BCUT2D eigenvalue weighted by Crippen LogP contribution is -2.10. The molecule has 6 heteroatoms. The van der Waals surface area contributed by atoms with Gasteiger partial charge in [0.2, 0.25) is 0 Å². The summed E-state index contributed by atoms with van der Waals surface area (Å²) < 4.78 is 34.3. The SMILES string of the molecule is CC(=O)OC1C=C(CCCCCOS(=O)(=O)c2ccc(C)cc2)CC1. The fraction of sp³-hybridized carbons (Fsp3) is 0.526. The maximum atomic E-state index is 12.0. The van der Waals surface area contributed by atoms with E-state index in [2.05, 4.69) is 0 Å². The second kappa shape index (κ2) is 9.15. The molecule has 0 saturated carbocycles. The molecule has 0 saturated heterocycles. The average Bonchev–Trinajstić information content (AvgIpc) is 2.97. The van der Waals surface area contributed by atoms with Gasteiger partial charge in [0.15, 0.2) is 0 Å². The maximum absolute atomic E-state index is 12.0. The average molecular weight is 366 g/mol. The molecule has 2 rings (SSSR count). The highest BCUT2D eigenvalue weighted by molar-refractivity contribution is 7.86. The van der Waals surface area contributed by atoms with Crippen LogP contribution in [0.2, 0.25) is 0 Å². The van der Waals surface area contributed by atoms with Crippen molar-refractivity contribution in [1.29, 1.82) is 0 Å². The molecule has 0 amide bonds. The zero-order chi connectivity index (χ0) is 18.3. The first-order valence-electron chi connectivity index (χ1n) is 8.70. The van der Waals surface area contributed by atoms with Gasteiger partial charge in [0.1, 0.15) is 6.10 Å². The molecule has 0 spiro atoms. The van der Waals surface area contributed by atoms with Crippen LogP contribution in [0.15, 0.2) is 40.8 Å². The summed E-state index contributed by atoms with van der Waals surface area (Å²) >= 11 is 0. The van der Waals surface area contributed by atoms with Crippen molar-refractivity contribution < 1.29 is 22.1 Å². The predicted octanol–water partition coefficient (Wildman–Crippen LogP) is 3.91. The zero-order valence-corrected chi connectivity index (χ0v) is 15.7. The van der Waals surface area contributed by atoms with E-state index in [9.17, 15) is 13.2 Å². The molecule has 1 atom stereocenters. The van der Waals surface area contributed by atoms with Crippen LogP contribution in [0.3, 0.4) is 0 Å². The Morgan fingerprint density at radius 3 is 2.56 bits per heavy atom. The molecule has 1 aromatic carbocycles. The summed E-state index contributed by atoms with van der Waals surface area (Å²) in [6.07, 6.45) is 7.35. The number of rotatable bonds is 9. The summed E-state index contributed by atoms with van der Waals surface area (Å²) in [6.45, 7) is 3.54. The molecule has 0 bridgehead atoms. The summed E-state index contributed by atoms with van der Waals surface area (Å²) in [7, 11) is -3.66.